The highest BCUT2D eigenvalue weighted by Crippen LogP contribution is 2.19. The number of rotatable bonds is 7. The van der Waals surface area contributed by atoms with Gasteiger partial charge < -0.3 is 4.90 Å². The van der Waals surface area contributed by atoms with Gasteiger partial charge in [-0.15, -0.1) is 0 Å². The molecule has 140 valence electrons. The highest BCUT2D eigenvalue weighted by Gasteiger charge is 2.17. The van der Waals surface area contributed by atoms with Crippen LogP contribution < -0.4 is 4.72 Å². The van der Waals surface area contributed by atoms with E-state index in [1.54, 1.807) is 11.9 Å². The van der Waals surface area contributed by atoms with Crippen LogP contribution in [0, 0.1) is 11.6 Å². The summed E-state index contributed by atoms with van der Waals surface area (Å²) in [6, 6.07) is 8.15. The maximum Gasteiger partial charge on any atom is 0.261 e. The number of hydrogen-bond acceptors (Lipinski definition) is 3. The van der Waals surface area contributed by atoms with E-state index in [2.05, 4.69) is 4.72 Å². The van der Waals surface area contributed by atoms with Crippen molar-refractivity contribution in [2.45, 2.75) is 24.7 Å². The molecular formula is C18H20F2N2O3S. The van der Waals surface area contributed by atoms with Gasteiger partial charge in [0.05, 0.1) is 10.6 Å². The second-order valence-corrected chi connectivity index (χ2v) is 7.52. The molecule has 1 amide bonds. The van der Waals surface area contributed by atoms with Gasteiger partial charge in [0, 0.05) is 25.2 Å². The van der Waals surface area contributed by atoms with Crippen LogP contribution in [-0.2, 0) is 10.0 Å². The molecule has 0 saturated heterocycles. The summed E-state index contributed by atoms with van der Waals surface area (Å²) >= 11 is 0. The summed E-state index contributed by atoms with van der Waals surface area (Å²) in [5.41, 5.74) is 0.277. The van der Waals surface area contributed by atoms with E-state index in [1.807, 2.05) is 6.92 Å². The molecule has 0 aliphatic carbocycles. The third-order valence-corrected chi connectivity index (χ3v) is 5.17. The summed E-state index contributed by atoms with van der Waals surface area (Å²) in [4.78, 5) is 13.7. The van der Waals surface area contributed by atoms with E-state index in [4.69, 9.17) is 0 Å². The Labute approximate surface area is 151 Å². The van der Waals surface area contributed by atoms with Crippen molar-refractivity contribution in [3.63, 3.8) is 0 Å². The first-order valence-corrected chi connectivity index (χ1v) is 9.56. The van der Waals surface area contributed by atoms with Gasteiger partial charge in [-0.25, -0.2) is 17.2 Å². The van der Waals surface area contributed by atoms with E-state index in [1.165, 1.54) is 24.3 Å². The molecule has 0 aliphatic heterocycles. The van der Waals surface area contributed by atoms with Gasteiger partial charge in [-0.1, -0.05) is 13.3 Å². The summed E-state index contributed by atoms with van der Waals surface area (Å²) in [6.07, 6.45) is 1.84. The molecule has 0 radical (unpaired) electrons. The lowest BCUT2D eigenvalue weighted by Gasteiger charge is -2.17. The highest BCUT2D eigenvalue weighted by atomic mass is 32.2. The van der Waals surface area contributed by atoms with Crippen LogP contribution in [0.25, 0.3) is 0 Å². The van der Waals surface area contributed by atoms with Crippen LogP contribution in [0.5, 0.6) is 0 Å². The fraction of sp³-hybridized carbons (Fsp3) is 0.278. The Hall–Kier alpha value is -2.48. The van der Waals surface area contributed by atoms with Crippen molar-refractivity contribution in [1.29, 1.82) is 0 Å². The molecule has 0 heterocycles. The van der Waals surface area contributed by atoms with Gasteiger partial charge in [-0.3, -0.25) is 9.52 Å². The molecule has 8 heteroatoms. The average molecular weight is 382 g/mol. The van der Waals surface area contributed by atoms with E-state index < -0.39 is 21.7 Å². The van der Waals surface area contributed by atoms with Gasteiger partial charge in [-0.05, 0) is 42.8 Å². The van der Waals surface area contributed by atoms with Crippen molar-refractivity contribution in [2.75, 3.05) is 18.3 Å². The molecule has 0 spiro atoms. The lowest BCUT2D eigenvalue weighted by atomic mass is 10.2. The van der Waals surface area contributed by atoms with Gasteiger partial charge in [0.15, 0.2) is 11.6 Å². The number of hydrogen-bond donors (Lipinski definition) is 1. The lowest BCUT2D eigenvalue weighted by molar-refractivity contribution is 0.0793. The Balaban J connectivity index is 2.15. The van der Waals surface area contributed by atoms with Crippen molar-refractivity contribution in [3.05, 3.63) is 59.7 Å². The number of carbonyl (C=O) groups excluding carboxylic acids is 1. The number of unbranched alkanes of at least 4 members (excludes halogenated alkanes) is 1. The molecule has 0 aliphatic rings. The number of nitrogens with zero attached hydrogens (tertiary/aromatic N) is 1. The van der Waals surface area contributed by atoms with Crippen molar-refractivity contribution >= 4 is 21.6 Å². The van der Waals surface area contributed by atoms with Gasteiger partial charge >= 0.3 is 0 Å². The van der Waals surface area contributed by atoms with Crippen LogP contribution in [0.2, 0.25) is 0 Å². The smallest absolute Gasteiger partial charge is 0.261 e. The van der Waals surface area contributed by atoms with E-state index in [-0.39, 0.29) is 16.5 Å². The van der Waals surface area contributed by atoms with Gasteiger partial charge in [0.1, 0.15) is 0 Å². The largest absolute Gasteiger partial charge is 0.342 e. The number of sulfonamides is 1. The van der Waals surface area contributed by atoms with Crippen molar-refractivity contribution in [3.8, 4) is 0 Å². The Morgan fingerprint density at radius 2 is 1.73 bits per heavy atom. The molecule has 26 heavy (non-hydrogen) atoms. The van der Waals surface area contributed by atoms with Crippen molar-refractivity contribution in [2.24, 2.45) is 0 Å². The second kappa shape index (κ2) is 8.27. The average Bonchev–Trinajstić information content (AvgIpc) is 2.62. The molecule has 0 unspecified atom stereocenters. The summed E-state index contributed by atoms with van der Waals surface area (Å²) < 4.78 is 53.0. The minimum atomic E-state index is -3.98. The third-order valence-electron chi connectivity index (χ3n) is 3.78. The molecule has 0 atom stereocenters. The number of amides is 1. The molecule has 2 aromatic rings. The van der Waals surface area contributed by atoms with Crippen molar-refractivity contribution in [1.82, 2.24) is 4.90 Å². The maximum atomic E-state index is 13.2. The molecule has 0 fully saturated rings. The normalized spacial score (nSPS) is 11.2. The van der Waals surface area contributed by atoms with Crippen molar-refractivity contribution < 1.29 is 22.0 Å². The minimum Gasteiger partial charge on any atom is -0.342 e. The number of nitrogens with one attached hydrogen (secondary N) is 1. The maximum absolute atomic E-state index is 13.2. The first-order valence-electron chi connectivity index (χ1n) is 8.08. The fourth-order valence-corrected chi connectivity index (χ4v) is 3.32. The van der Waals surface area contributed by atoms with Crippen LogP contribution in [0.4, 0.5) is 14.5 Å². The van der Waals surface area contributed by atoms with E-state index in [0.717, 1.165) is 31.0 Å². The topological polar surface area (TPSA) is 66.5 Å². The van der Waals surface area contributed by atoms with Crippen LogP contribution in [0.3, 0.4) is 0 Å². The Morgan fingerprint density at radius 3 is 2.31 bits per heavy atom. The third kappa shape index (κ3) is 4.78. The quantitative estimate of drug-likeness (QED) is 0.795. The first-order chi connectivity index (χ1) is 12.2. The van der Waals surface area contributed by atoms with Crippen LogP contribution in [0.1, 0.15) is 30.1 Å². The number of carbonyl (C=O) groups is 1. The molecule has 1 N–H and O–H groups in total. The Bertz CT molecular complexity index is 884. The lowest BCUT2D eigenvalue weighted by Crippen LogP contribution is -2.27. The van der Waals surface area contributed by atoms with Gasteiger partial charge in [0.2, 0.25) is 0 Å². The molecule has 0 aromatic heterocycles. The second-order valence-electron chi connectivity index (χ2n) is 5.84. The van der Waals surface area contributed by atoms with Crippen LogP contribution in [-0.4, -0.2) is 32.8 Å². The standard InChI is InChI=1S/C18H20F2N2O3S/c1-3-4-11-22(2)18(23)13-5-8-15(9-6-13)26(24,25)21-14-7-10-16(19)17(20)12-14/h5-10,12,21H,3-4,11H2,1-2H3. The predicted octanol–water partition coefficient (Wildman–Crippen LogP) is 3.64. The molecular weight excluding hydrogens is 362 g/mol. The number of anilines is 1. The number of benzene rings is 2. The molecule has 2 rings (SSSR count). The molecule has 5 nitrogen and oxygen atoms in total. The SMILES string of the molecule is CCCCN(C)C(=O)c1ccc(S(=O)(=O)Nc2ccc(F)c(F)c2)cc1. The zero-order valence-corrected chi connectivity index (χ0v) is 15.3. The highest BCUT2D eigenvalue weighted by molar-refractivity contribution is 7.92. The monoisotopic (exact) mass is 382 g/mol. The van der Waals surface area contributed by atoms with E-state index in [0.29, 0.717) is 12.1 Å². The number of halogens is 2. The summed E-state index contributed by atoms with van der Waals surface area (Å²) in [5, 5.41) is 0. The minimum absolute atomic E-state index is 0.0880. The summed E-state index contributed by atoms with van der Waals surface area (Å²) in [6.45, 7) is 2.64. The fourth-order valence-electron chi connectivity index (χ4n) is 2.27. The Morgan fingerprint density at radius 1 is 1.08 bits per heavy atom. The molecule has 0 saturated carbocycles. The molecule has 0 bridgehead atoms. The van der Waals surface area contributed by atoms with Gasteiger partial charge in [0.25, 0.3) is 15.9 Å². The summed E-state index contributed by atoms with van der Waals surface area (Å²) in [5.74, 6) is -2.42. The predicted molar refractivity (Wildman–Crippen MR) is 95.5 cm³/mol. The van der Waals surface area contributed by atoms with Gasteiger partial charge in [-0.2, -0.15) is 0 Å². The first kappa shape index (κ1) is 19.8. The van der Waals surface area contributed by atoms with E-state index in [9.17, 15) is 22.0 Å². The van der Waals surface area contributed by atoms with E-state index >= 15 is 0 Å². The van der Waals surface area contributed by atoms with Crippen LogP contribution in [0.15, 0.2) is 47.4 Å². The summed E-state index contributed by atoms with van der Waals surface area (Å²) in [7, 11) is -2.30. The van der Waals surface area contributed by atoms with Crippen LogP contribution >= 0.6 is 0 Å². The zero-order valence-electron chi connectivity index (χ0n) is 14.5. The Kier molecular flexibility index (Phi) is 6.31. The molecule has 2 aromatic carbocycles. The zero-order chi connectivity index (χ0) is 19.3.